The van der Waals surface area contributed by atoms with Crippen LogP contribution in [0, 0.1) is 6.92 Å². The molecular formula is C10H14N2O2S. The van der Waals surface area contributed by atoms with Crippen molar-refractivity contribution in [1.82, 2.24) is 9.97 Å². The quantitative estimate of drug-likeness (QED) is 0.445. The highest BCUT2D eigenvalue weighted by molar-refractivity contribution is 8.00. The Morgan fingerprint density at radius 2 is 2.40 bits per heavy atom. The summed E-state index contributed by atoms with van der Waals surface area (Å²) >= 11 is 1.31. The maximum Gasteiger partial charge on any atom is 0.319 e. The number of aromatic nitrogens is 2. The molecule has 1 aromatic rings. The minimum absolute atomic E-state index is 0.229. The van der Waals surface area contributed by atoms with Crippen LogP contribution in [0.3, 0.4) is 0 Å². The fourth-order valence-electron chi connectivity index (χ4n) is 0.949. The van der Waals surface area contributed by atoms with Gasteiger partial charge in [-0.2, -0.15) is 0 Å². The minimum atomic E-state index is -0.272. The van der Waals surface area contributed by atoms with Gasteiger partial charge in [0.2, 0.25) is 0 Å². The number of aryl methyl sites for hydroxylation is 1. The van der Waals surface area contributed by atoms with Crippen LogP contribution in [0.1, 0.15) is 19.5 Å². The molecule has 0 aliphatic carbocycles. The first-order valence-electron chi connectivity index (χ1n) is 4.76. The minimum Gasteiger partial charge on any atom is -0.465 e. The highest BCUT2D eigenvalue weighted by Gasteiger charge is 2.16. The van der Waals surface area contributed by atoms with Crippen LogP contribution in [0.25, 0.3) is 0 Å². The third-order valence-corrected chi connectivity index (χ3v) is 2.63. The number of hydrogen-bond acceptors (Lipinski definition) is 5. The Balaban J connectivity index is 2.58. The summed E-state index contributed by atoms with van der Waals surface area (Å²) in [6.45, 7) is 5.87. The molecular weight excluding hydrogens is 212 g/mol. The molecule has 0 saturated heterocycles. The van der Waals surface area contributed by atoms with E-state index >= 15 is 0 Å². The SMILES string of the molecule is CCOC(=O)C(C)Sc1nccc(C)n1. The van der Waals surface area contributed by atoms with Crippen LogP contribution in [0.5, 0.6) is 0 Å². The van der Waals surface area contributed by atoms with Gasteiger partial charge < -0.3 is 4.74 Å². The van der Waals surface area contributed by atoms with Crippen molar-refractivity contribution in [2.75, 3.05) is 6.61 Å². The molecule has 0 aliphatic heterocycles. The molecule has 1 rings (SSSR count). The van der Waals surface area contributed by atoms with E-state index in [9.17, 15) is 4.79 Å². The smallest absolute Gasteiger partial charge is 0.319 e. The zero-order chi connectivity index (χ0) is 11.3. The third kappa shape index (κ3) is 3.87. The summed E-state index contributed by atoms with van der Waals surface area (Å²) in [5.74, 6) is -0.229. The Bertz CT molecular complexity index is 344. The topological polar surface area (TPSA) is 52.1 Å². The first-order chi connectivity index (χ1) is 7.13. The Kier molecular flexibility index (Phi) is 4.55. The Morgan fingerprint density at radius 1 is 1.67 bits per heavy atom. The molecule has 1 unspecified atom stereocenters. The van der Waals surface area contributed by atoms with E-state index in [-0.39, 0.29) is 11.2 Å². The van der Waals surface area contributed by atoms with Gasteiger partial charge in [-0.1, -0.05) is 11.8 Å². The molecule has 1 aromatic heterocycles. The normalized spacial score (nSPS) is 12.2. The predicted octanol–water partition coefficient (Wildman–Crippen LogP) is 1.83. The molecule has 0 fully saturated rings. The van der Waals surface area contributed by atoms with E-state index in [4.69, 9.17) is 4.74 Å². The number of ether oxygens (including phenoxy) is 1. The van der Waals surface area contributed by atoms with Gasteiger partial charge in [-0.25, -0.2) is 9.97 Å². The zero-order valence-corrected chi connectivity index (χ0v) is 9.87. The summed E-state index contributed by atoms with van der Waals surface area (Å²) in [6, 6.07) is 1.82. The van der Waals surface area contributed by atoms with Gasteiger partial charge in [-0.05, 0) is 26.8 Å². The maximum absolute atomic E-state index is 11.3. The molecule has 5 heteroatoms. The molecule has 0 bridgehead atoms. The predicted molar refractivity (Wildman–Crippen MR) is 58.7 cm³/mol. The van der Waals surface area contributed by atoms with Crippen LogP contribution in [0.2, 0.25) is 0 Å². The van der Waals surface area contributed by atoms with Crippen molar-refractivity contribution in [2.45, 2.75) is 31.2 Å². The second-order valence-corrected chi connectivity index (χ2v) is 4.30. The zero-order valence-electron chi connectivity index (χ0n) is 9.06. The summed E-state index contributed by atoms with van der Waals surface area (Å²) in [7, 11) is 0. The summed E-state index contributed by atoms with van der Waals surface area (Å²) in [6.07, 6.45) is 1.68. The van der Waals surface area contributed by atoms with Gasteiger partial charge in [0, 0.05) is 11.9 Å². The monoisotopic (exact) mass is 226 g/mol. The average Bonchev–Trinajstić information content (AvgIpc) is 2.18. The number of carbonyl (C=O) groups excluding carboxylic acids is 1. The molecule has 0 spiro atoms. The molecule has 0 aliphatic rings. The summed E-state index contributed by atoms with van der Waals surface area (Å²) in [5.41, 5.74) is 0.892. The number of rotatable bonds is 4. The molecule has 1 heterocycles. The van der Waals surface area contributed by atoms with Crippen molar-refractivity contribution in [3.8, 4) is 0 Å². The third-order valence-electron chi connectivity index (χ3n) is 1.67. The molecule has 15 heavy (non-hydrogen) atoms. The first kappa shape index (κ1) is 12.0. The van der Waals surface area contributed by atoms with Gasteiger partial charge in [0.1, 0.15) is 5.25 Å². The maximum atomic E-state index is 11.3. The van der Waals surface area contributed by atoms with E-state index in [1.54, 1.807) is 20.0 Å². The molecule has 0 saturated carbocycles. The average molecular weight is 226 g/mol. The van der Waals surface area contributed by atoms with Gasteiger partial charge in [0.15, 0.2) is 5.16 Å². The van der Waals surface area contributed by atoms with Crippen molar-refractivity contribution in [3.63, 3.8) is 0 Å². The lowest BCUT2D eigenvalue weighted by Crippen LogP contribution is -2.17. The fourth-order valence-corrected chi connectivity index (χ4v) is 1.75. The van der Waals surface area contributed by atoms with Crippen LogP contribution in [0.4, 0.5) is 0 Å². The van der Waals surface area contributed by atoms with Crippen LogP contribution in [-0.4, -0.2) is 27.8 Å². The first-order valence-corrected chi connectivity index (χ1v) is 5.64. The van der Waals surface area contributed by atoms with E-state index in [2.05, 4.69) is 9.97 Å². The van der Waals surface area contributed by atoms with Crippen molar-refractivity contribution >= 4 is 17.7 Å². The van der Waals surface area contributed by atoms with E-state index in [1.807, 2.05) is 13.0 Å². The van der Waals surface area contributed by atoms with E-state index in [0.717, 1.165) is 5.69 Å². The highest BCUT2D eigenvalue weighted by Crippen LogP contribution is 2.19. The molecule has 82 valence electrons. The van der Waals surface area contributed by atoms with E-state index in [1.165, 1.54) is 11.8 Å². The second kappa shape index (κ2) is 5.70. The summed E-state index contributed by atoms with van der Waals surface area (Å²) in [4.78, 5) is 19.6. The van der Waals surface area contributed by atoms with Crippen LogP contribution in [-0.2, 0) is 9.53 Å². The van der Waals surface area contributed by atoms with Crippen molar-refractivity contribution in [1.29, 1.82) is 0 Å². The van der Waals surface area contributed by atoms with Crippen molar-refractivity contribution < 1.29 is 9.53 Å². The van der Waals surface area contributed by atoms with Gasteiger partial charge in [-0.3, -0.25) is 4.79 Å². The molecule has 0 amide bonds. The molecule has 0 radical (unpaired) electrons. The highest BCUT2D eigenvalue weighted by atomic mass is 32.2. The van der Waals surface area contributed by atoms with Crippen molar-refractivity contribution in [2.24, 2.45) is 0 Å². The number of hydrogen-bond donors (Lipinski definition) is 0. The van der Waals surface area contributed by atoms with Crippen LogP contribution >= 0.6 is 11.8 Å². The Labute approximate surface area is 93.5 Å². The number of esters is 1. The Hall–Kier alpha value is -1.10. The molecule has 4 nitrogen and oxygen atoms in total. The van der Waals surface area contributed by atoms with E-state index < -0.39 is 0 Å². The van der Waals surface area contributed by atoms with Crippen LogP contribution < -0.4 is 0 Å². The summed E-state index contributed by atoms with van der Waals surface area (Å²) < 4.78 is 4.89. The summed E-state index contributed by atoms with van der Waals surface area (Å²) in [5, 5.41) is 0.335. The number of carbonyl (C=O) groups is 1. The standard InChI is InChI=1S/C10H14N2O2S/c1-4-14-9(13)8(3)15-10-11-6-5-7(2)12-10/h5-6,8H,4H2,1-3H3. The largest absolute Gasteiger partial charge is 0.465 e. The van der Waals surface area contributed by atoms with E-state index in [0.29, 0.717) is 11.8 Å². The lowest BCUT2D eigenvalue weighted by molar-refractivity contribution is -0.142. The Morgan fingerprint density at radius 3 is 3.00 bits per heavy atom. The van der Waals surface area contributed by atoms with Gasteiger partial charge in [-0.15, -0.1) is 0 Å². The van der Waals surface area contributed by atoms with Gasteiger partial charge in [0.05, 0.1) is 6.61 Å². The van der Waals surface area contributed by atoms with Crippen molar-refractivity contribution in [3.05, 3.63) is 18.0 Å². The number of thioether (sulfide) groups is 1. The van der Waals surface area contributed by atoms with Crippen LogP contribution in [0.15, 0.2) is 17.4 Å². The molecule has 0 N–H and O–H groups in total. The lowest BCUT2D eigenvalue weighted by Gasteiger charge is -2.08. The second-order valence-electron chi connectivity index (χ2n) is 2.99. The molecule has 1 atom stereocenters. The fraction of sp³-hybridized carbons (Fsp3) is 0.500. The lowest BCUT2D eigenvalue weighted by atomic mass is 10.5. The van der Waals surface area contributed by atoms with Gasteiger partial charge >= 0.3 is 5.97 Å². The van der Waals surface area contributed by atoms with Gasteiger partial charge in [0.25, 0.3) is 0 Å². The number of nitrogens with zero attached hydrogens (tertiary/aromatic N) is 2. The molecule has 0 aromatic carbocycles.